The highest BCUT2D eigenvalue weighted by Crippen LogP contribution is 2.40. The van der Waals surface area contributed by atoms with Crippen LogP contribution in [-0.2, 0) is 12.8 Å². The number of rotatable bonds is 2. The first-order valence-electron chi connectivity index (χ1n) is 3.94. The molecule has 15 heavy (non-hydrogen) atoms. The maximum Gasteiger partial charge on any atom is 0.420 e. The largest absolute Gasteiger partial charge is 0.496 e. The molecule has 0 aromatic heterocycles. The molecule has 0 aliphatic rings. The first-order chi connectivity index (χ1) is 6.90. The molecule has 0 saturated carbocycles. The van der Waals surface area contributed by atoms with Crippen LogP contribution < -0.4 is 4.74 Å². The first-order valence-corrected chi connectivity index (χ1v) is 4.74. The van der Waals surface area contributed by atoms with Gasteiger partial charge in [-0.25, -0.2) is 0 Å². The van der Waals surface area contributed by atoms with Crippen molar-refractivity contribution in [3.63, 3.8) is 0 Å². The van der Waals surface area contributed by atoms with Gasteiger partial charge in [0.15, 0.2) is 0 Å². The predicted molar refractivity (Wildman–Crippen MR) is 51.6 cm³/mol. The maximum absolute atomic E-state index is 12.5. The van der Waals surface area contributed by atoms with Crippen molar-refractivity contribution in [3.8, 4) is 5.75 Å². The third-order valence-electron chi connectivity index (χ3n) is 1.81. The molecule has 0 fully saturated rings. The normalized spacial score (nSPS) is 11.6. The zero-order chi connectivity index (χ0) is 11.6. The van der Waals surface area contributed by atoms with Crippen LogP contribution in [0.15, 0.2) is 16.6 Å². The lowest BCUT2D eigenvalue weighted by Crippen LogP contribution is -2.09. The lowest BCUT2D eigenvalue weighted by Gasteiger charge is -2.15. The second-order valence-corrected chi connectivity index (χ2v) is 3.72. The summed E-state index contributed by atoms with van der Waals surface area (Å²) in [6, 6.07) is 2.30. The van der Waals surface area contributed by atoms with Crippen molar-refractivity contribution in [2.45, 2.75) is 12.8 Å². The van der Waals surface area contributed by atoms with E-state index in [4.69, 9.17) is 5.11 Å². The van der Waals surface area contributed by atoms with E-state index in [1.165, 1.54) is 6.07 Å². The minimum Gasteiger partial charge on any atom is -0.496 e. The molecular weight excluding hydrogens is 277 g/mol. The summed E-state index contributed by atoms with van der Waals surface area (Å²) < 4.78 is 42.5. The number of hydrogen-bond acceptors (Lipinski definition) is 2. The van der Waals surface area contributed by atoms with E-state index in [0.717, 1.165) is 13.2 Å². The predicted octanol–water partition coefficient (Wildman–Crippen LogP) is 2.97. The van der Waals surface area contributed by atoms with E-state index >= 15 is 0 Å². The topological polar surface area (TPSA) is 29.5 Å². The average molecular weight is 285 g/mol. The first kappa shape index (κ1) is 12.3. The molecule has 6 heteroatoms. The van der Waals surface area contributed by atoms with Crippen molar-refractivity contribution in [3.05, 3.63) is 27.7 Å². The Bertz CT molecular complexity index is 363. The van der Waals surface area contributed by atoms with Crippen LogP contribution in [0.4, 0.5) is 13.2 Å². The number of methoxy groups -OCH3 is 1. The zero-order valence-corrected chi connectivity index (χ0v) is 9.32. The van der Waals surface area contributed by atoms with Gasteiger partial charge in [0.2, 0.25) is 0 Å². The van der Waals surface area contributed by atoms with Gasteiger partial charge in [0, 0.05) is 10.0 Å². The van der Waals surface area contributed by atoms with Crippen LogP contribution in [0.3, 0.4) is 0 Å². The molecule has 0 bridgehead atoms. The number of aliphatic hydroxyl groups excluding tert-OH is 1. The van der Waals surface area contributed by atoms with E-state index in [1.807, 2.05) is 0 Å². The summed E-state index contributed by atoms with van der Waals surface area (Å²) in [5.74, 6) is -0.340. The van der Waals surface area contributed by atoms with Crippen LogP contribution in [0.2, 0.25) is 0 Å². The number of ether oxygens (including phenoxy) is 1. The Kier molecular flexibility index (Phi) is 3.62. The van der Waals surface area contributed by atoms with Crippen molar-refractivity contribution < 1.29 is 23.0 Å². The van der Waals surface area contributed by atoms with E-state index in [-0.39, 0.29) is 15.8 Å². The molecule has 0 atom stereocenters. The van der Waals surface area contributed by atoms with Gasteiger partial charge >= 0.3 is 6.18 Å². The Morgan fingerprint density at radius 3 is 2.40 bits per heavy atom. The highest BCUT2D eigenvalue weighted by atomic mass is 79.9. The summed E-state index contributed by atoms with van der Waals surface area (Å²) in [4.78, 5) is 0. The molecule has 0 heterocycles. The van der Waals surface area contributed by atoms with Gasteiger partial charge in [0.25, 0.3) is 0 Å². The van der Waals surface area contributed by atoms with Crippen LogP contribution in [0.5, 0.6) is 5.75 Å². The minimum absolute atomic E-state index is 0.0965. The molecule has 0 unspecified atom stereocenters. The van der Waals surface area contributed by atoms with Crippen molar-refractivity contribution in [2.24, 2.45) is 0 Å². The lowest BCUT2D eigenvalue weighted by atomic mass is 10.1. The van der Waals surface area contributed by atoms with E-state index in [2.05, 4.69) is 20.7 Å². The molecule has 1 rings (SSSR count). The van der Waals surface area contributed by atoms with Gasteiger partial charge in [-0.15, -0.1) is 0 Å². The Morgan fingerprint density at radius 2 is 2.00 bits per heavy atom. The van der Waals surface area contributed by atoms with Gasteiger partial charge in [-0.05, 0) is 12.1 Å². The van der Waals surface area contributed by atoms with Gasteiger partial charge < -0.3 is 9.84 Å². The highest BCUT2D eigenvalue weighted by Gasteiger charge is 2.35. The SMILES string of the molecule is COc1c(CO)cc(Br)cc1C(F)(F)F. The molecule has 1 N–H and O–H groups in total. The van der Waals surface area contributed by atoms with Crippen LogP contribution in [-0.4, -0.2) is 12.2 Å². The summed E-state index contributed by atoms with van der Waals surface area (Å²) >= 11 is 2.94. The zero-order valence-electron chi connectivity index (χ0n) is 7.73. The molecule has 0 amide bonds. The Morgan fingerprint density at radius 1 is 1.40 bits per heavy atom. The highest BCUT2D eigenvalue weighted by molar-refractivity contribution is 9.10. The molecule has 84 valence electrons. The smallest absolute Gasteiger partial charge is 0.420 e. The van der Waals surface area contributed by atoms with Crippen molar-refractivity contribution in [1.29, 1.82) is 0 Å². The summed E-state index contributed by atoms with van der Waals surface area (Å²) in [7, 11) is 1.14. The summed E-state index contributed by atoms with van der Waals surface area (Å²) in [6.45, 7) is -0.508. The number of alkyl halides is 3. The lowest BCUT2D eigenvalue weighted by molar-refractivity contribution is -0.138. The molecule has 0 radical (unpaired) electrons. The Balaban J connectivity index is 3.42. The molecule has 0 spiro atoms. The van der Waals surface area contributed by atoms with Crippen LogP contribution in [0, 0.1) is 0 Å². The second kappa shape index (κ2) is 4.40. The van der Waals surface area contributed by atoms with Crippen molar-refractivity contribution in [2.75, 3.05) is 7.11 Å². The summed E-state index contributed by atoms with van der Waals surface area (Å²) in [6.07, 6.45) is -4.50. The van der Waals surface area contributed by atoms with E-state index in [9.17, 15) is 13.2 Å². The minimum atomic E-state index is -4.50. The standard InChI is InChI=1S/C9H8BrF3O2/c1-15-8-5(4-14)2-6(10)3-7(8)9(11,12)13/h2-3,14H,4H2,1H3. The van der Waals surface area contributed by atoms with Crippen LogP contribution in [0.25, 0.3) is 0 Å². The van der Waals surface area contributed by atoms with Gasteiger partial charge in [-0.2, -0.15) is 13.2 Å². The Hall–Kier alpha value is -0.750. The molecule has 0 aliphatic heterocycles. The van der Waals surface area contributed by atoms with E-state index in [0.29, 0.717) is 0 Å². The number of hydrogen-bond donors (Lipinski definition) is 1. The summed E-state index contributed by atoms with van der Waals surface area (Å²) in [5.41, 5.74) is -0.803. The molecule has 0 saturated heterocycles. The molecule has 2 nitrogen and oxygen atoms in total. The van der Waals surface area contributed by atoms with Gasteiger partial charge in [0.1, 0.15) is 5.75 Å². The van der Waals surface area contributed by atoms with Gasteiger partial charge in [-0.1, -0.05) is 15.9 Å². The second-order valence-electron chi connectivity index (χ2n) is 2.80. The van der Waals surface area contributed by atoms with Crippen LogP contribution in [0.1, 0.15) is 11.1 Å². The number of benzene rings is 1. The van der Waals surface area contributed by atoms with Gasteiger partial charge in [-0.3, -0.25) is 0 Å². The number of halogens is 4. The summed E-state index contributed by atoms with van der Waals surface area (Å²) in [5, 5.41) is 8.90. The van der Waals surface area contributed by atoms with Crippen molar-refractivity contribution >= 4 is 15.9 Å². The Labute approximate surface area is 92.8 Å². The molecule has 1 aromatic carbocycles. The van der Waals surface area contributed by atoms with Gasteiger partial charge in [0.05, 0.1) is 19.3 Å². The molecular formula is C9H8BrF3O2. The molecule has 1 aromatic rings. The average Bonchev–Trinajstić information content (AvgIpc) is 2.15. The van der Waals surface area contributed by atoms with Crippen LogP contribution >= 0.6 is 15.9 Å². The fourth-order valence-electron chi connectivity index (χ4n) is 1.22. The number of aliphatic hydroxyl groups is 1. The monoisotopic (exact) mass is 284 g/mol. The maximum atomic E-state index is 12.5. The van der Waals surface area contributed by atoms with E-state index in [1.54, 1.807) is 0 Å². The fraction of sp³-hybridized carbons (Fsp3) is 0.333. The van der Waals surface area contributed by atoms with Crippen molar-refractivity contribution in [1.82, 2.24) is 0 Å². The molecule has 0 aliphatic carbocycles. The third kappa shape index (κ3) is 2.63. The third-order valence-corrected chi connectivity index (χ3v) is 2.27. The fourth-order valence-corrected chi connectivity index (χ4v) is 1.72. The quantitative estimate of drug-likeness (QED) is 0.905. The van der Waals surface area contributed by atoms with E-state index < -0.39 is 18.3 Å².